The number of aliphatic imine (C=N–C) groups is 1. The summed E-state index contributed by atoms with van der Waals surface area (Å²) in [5.41, 5.74) is 0.554. The summed E-state index contributed by atoms with van der Waals surface area (Å²) in [6, 6.07) is 6.59. The van der Waals surface area contributed by atoms with Crippen molar-refractivity contribution < 1.29 is 12.8 Å². The lowest BCUT2D eigenvalue weighted by molar-refractivity contribution is 0.352. The molecule has 8 heteroatoms. The molecule has 2 rings (SSSR count). The van der Waals surface area contributed by atoms with Gasteiger partial charge >= 0.3 is 0 Å². The summed E-state index contributed by atoms with van der Waals surface area (Å²) in [7, 11) is -3.10. The van der Waals surface area contributed by atoms with Crippen molar-refractivity contribution in [2.45, 2.75) is 44.8 Å². The van der Waals surface area contributed by atoms with E-state index in [-0.39, 0.29) is 41.0 Å². The van der Waals surface area contributed by atoms with Gasteiger partial charge in [-0.2, -0.15) is 0 Å². The first-order valence-electron chi connectivity index (χ1n) is 9.00. The van der Waals surface area contributed by atoms with E-state index in [0.29, 0.717) is 32.1 Å². The molecule has 0 aliphatic carbocycles. The first kappa shape index (κ1) is 24.1. The summed E-state index contributed by atoms with van der Waals surface area (Å²) in [5, 5.41) is 3.26. The average Bonchev–Trinajstić information content (AvgIpc) is 2.54. The first-order chi connectivity index (χ1) is 12.0. The zero-order valence-electron chi connectivity index (χ0n) is 16.8. The Labute approximate surface area is 179 Å². The minimum absolute atomic E-state index is 0. The Morgan fingerprint density at radius 2 is 2.04 bits per heavy atom. The van der Waals surface area contributed by atoms with E-state index in [0.717, 1.165) is 5.56 Å². The highest BCUT2D eigenvalue weighted by molar-refractivity contribution is 14.0. The smallest absolute Gasteiger partial charge is 0.194 e. The van der Waals surface area contributed by atoms with Gasteiger partial charge in [0.1, 0.15) is 5.82 Å². The van der Waals surface area contributed by atoms with Crippen LogP contribution in [0.15, 0.2) is 29.3 Å². The predicted molar refractivity (Wildman–Crippen MR) is 120 cm³/mol. The SMILES string of the molecule is CCNC(=NCC(C)(C)c1cccc(F)c1)N1CCS(=O)(=O)C(C)(C)C1.I. The standard InChI is InChI=1S/C19H30FN3O2S.HI/c1-6-21-17(23-10-11-26(24,25)19(4,5)14-23)22-13-18(2,3)15-8-7-9-16(20)12-15;/h7-9,12H,6,10-11,13-14H2,1-5H3,(H,21,22);1H. The topological polar surface area (TPSA) is 61.8 Å². The van der Waals surface area contributed by atoms with Crippen molar-refractivity contribution in [1.29, 1.82) is 0 Å². The van der Waals surface area contributed by atoms with E-state index in [4.69, 9.17) is 4.99 Å². The van der Waals surface area contributed by atoms with Crippen molar-refractivity contribution in [3.63, 3.8) is 0 Å². The van der Waals surface area contributed by atoms with Gasteiger partial charge in [0, 0.05) is 25.0 Å². The third-order valence-corrected chi connectivity index (χ3v) is 7.44. The van der Waals surface area contributed by atoms with E-state index in [1.807, 2.05) is 31.7 Å². The van der Waals surface area contributed by atoms with Crippen LogP contribution in [-0.2, 0) is 15.3 Å². The van der Waals surface area contributed by atoms with Crippen LogP contribution in [-0.4, -0.2) is 56.0 Å². The van der Waals surface area contributed by atoms with Crippen LogP contribution in [0.3, 0.4) is 0 Å². The largest absolute Gasteiger partial charge is 0.357 e. The average molecular weight is 511 g/mol. The number of hydrogen-bond acceptors (Lipinski definition) is 3. The lowest BCUT2D eigenvalue weighted by Gasteiger charge is -2.39. The van der Waals surface area contributed by atoms with E-state index in [2.05, 4.69) is 5.32 Å². The highest BCUT2D eigenvalue weighted by atomic mass is 127. The van der Waals surface area contributed by atoms with Crippen LogP contribution in [0.2, 0.25) is 0 Å². The summed E-state index contributed by atoms with van der Waals surface area (Å²) >= 11 is 0. The van der Waals surface area contributed by atoms with Gasteiger partial charge in [-0.3, -0.25) is 4.99 Å². The molecule has 0 bridgehead atoms. The lowest BCUT2D eigenvalue weighted by atomic mass is 9.85. The number of rotatable bonds is 4. The van der Waals surface area contributed by atoms with Crippen LogP contribution in [0.25, 0.3) is 0 Å². The maximum atomic E-state index is 13.6. The summed E-state index contributed by atoms with van der Waals surface area (Å²) in [4.78, 5) is 6.75. The summed E-state index contributed by atoms with van der Waals surface area (Å²) < 4.78 is 37.2. The highest BCUT2D eigenvalue weighted by Crippen LogP contribution is 2.26. The Hall–Kier alpha value is -0.900. The van der Waals surface area contributed by atoms with E-state index in [1.165, 1.54) is 6.07 Å². The fraction of sp³-hybridized carbons (Fsp3) is 0.632. The Morgan fingerprint density at radius 3 is 2.59 bits per heavy atom. The fourth-order valence-electron chi connectivity index (χ4n) is 3.02. The van der Waals surface area contributed by atoms with Gasteiger partial charge in [0.25, 0.3) is 0 Å². The molecule has 0 aromatic heterocycles. The van der Waals surface area contributed by atoms with Gasteiger partial charge in [0.15, 0.2) is 15.8 Å². The second kappa shape index (κ2) is 9.07. The number of benzene rings is 1. The van der Waals surface area contributed by atoms with Gasteiger partial charge in [0.05, 0.1) is 17.0 Å². The first-order valence-corrected chi connectivity index (χ1v) is 10.7. The predicted octanol–water partition coefficient (Wildman–Crippen LogP) is 3.20. The van der Waals surface area contributed by atoms with E-state index < -0.39 is 14.6 Å². The van der Waals surface area contributed by atoms with Crippen LogP contribution in [0.5, 0.6) is 0 Å². The van der Waals surface area contributed by atoms with Crippen molar-refractivity contribution in [1.82, 2.24) is 10.2 Å². The third kappa shape index (κ3) is 5.79. The van der Waals surface area contributed by atoms with Crippen LogP contribution in [0.1, 0.15) is 40.2 Å². The fourth-order valence-corrected chi connectivity index (χ4v) is 4.39. The molecule has 1 aliphatic rings. The molecule has 0 spiro atoms. The third-order valence-electron chi connectivity index (χ3n) is 4.91. The number of nitrogens with zero attached hydrogens (tertiary/aromatic N) is 2. The molecule has 1 aromatic rings. The molecule has 154 valence electrons. The van der Waals surface area contributed by atoms with Gasteiger partial charge in [-0.1, -0.05) is 26.0 Å². The van der Waals surface area contributed by atoms with Gasteiger partial charge in [-0.15, -0.1) is 24.0 Å². The zero-order chi connectivity index (χ0) is 19.6. The molecule has 1 aliphatic heterocycles. The van der Waals surface area contributed by atoms with Crippen LogP contribution >= 0.6 is 24.0 Å². The molecule has 0 atom stereocenters. The second-order valence-electron chi connectivity index (χ2n) is 8.06. The number of hydrogen-bond donors (Lipinski definition) is 1. The van der Waals surface area contributed by atoms with Gasteiger partial charge in [-0.05, 0) is 38.5 Å². The molecule has 1 fully saturated rings. The van der Waals surface area contributed by atoms with Gasteiger partial charge in [-0.25, -0.2) is 12.8 Å². The molecule has 1 N–H and O–H groups in total. The minimum atomic E-state index is -3.10. The Kier molecular flexibility index (Phi) is 8.11. The Balaban J connectivity index is 0.00000364. The highest BCUT2D eigenvalue weighted by Gasteiger charge is 2.41. The van der Waals surface area contributed by atoms with Crippen molar-refractivity contribution in [3.05, 3.63) is 35.6 Å². The summed E-state index contributed by atoms with van der Waals surface area (Å²) in [5.74, 6) is 0.576. The van der Waals surface area contributed by atoms with Crippen molar-refractivity contribution >= 4 is 39.8 Å². The molecule has 5 nitrogen and oxygen atoms in total. The molecular formula is C19H31FIN3O2S. The second-order valence-corrected chi connectivity index (χ2v) is 10.8. The van der Waals surface area contributed by atoms with Crippen LogP contribution < -0.4 is 5.32 Å². The number of halogens is 2. The van der Waals surface area contributed by atoms with Gasteiger partial charge in [0.2, 0.25) is 0 Å². The molecule has 0 amide bonds. The maximum absolute atomic E-state index is 13.6. The van der Waals surface area contributed by atoms with E-state index in [1.54, 1.807) is 26.0 Å². The molecular weight excluding hydrogens is 480 g/mol. The molecule has 0 saturated carbocycles. The number of nitrogens with one attached hydrogen (secondary N) is 1. The van der Waals surface area contributed by atoms with Crippen molar-refractivity contribution in [3.8, 4) is 0 Å². The zero-order valence-corrected chi connectivity index (χ0v) is 19.9. The molecule has 1 saturated heterocycles. The van der Waals surface area contributed by atoms with Crippen molar-refractivity contribution in [2.75, 3.05) is 31.9 Å². The van der Waals surface area contributed by atoms with Gasteiger partial charge < -0.3 is 10.2 Å². The van der Waals surface area contributed by atoms with Crippen LogP contribution in [0, 0.1) is 5.82 Å². The lowest BCUT2D eigenvalue weighted by Crippen LogP contribution is -2.57. The molecule has 0 unspecified atom stereocenters. The normalized spacial score (nSPS) is 19.3. The number of sulfone groups is 1. The Bertz CT molecular complexity index is 779. The molecule has 1 aromatic carbocycles. The summed E-state index contributed by atoms with van der Waals surface area (Å²) in [6.07, 6.45) is 0. The molecule has 0 radical (unpaired) electrons. The number of guanidine groups is 1. The monoisotopic (exact) mass is 511 g/mol. The van der Waals surface area contributed by atoms with Crippen molar-refractivity contribution in [2.24, 2.45) is 4.99 Å². The van der Waals surface area contributed by atoms with E-state index in [9.17, 15) is 12.8 Å². The Morgan fingerprint density at radius 1 is 1.37 bits per heavy atom. The molecule has 27 heavy (non-hydrogen) atoms. The quantitative estimate of drug-likeness (QED) is 0.383. The maximum Gasteiger partial charge on any atom is 0.194 e. The van der Waals surface area contributed by atoms with E-state index >= 15 is 0 Å². The molecule has 1 heterocycles. The van der Waals surface area contributed by atoms with Crippen LogP contribution in [0.4, 0.5) is 4.39 Å². The summed E-state index contributed by atoms with van der Waals surface area (Å²) in [6.45, 7) is 11.6. The minimum Gasteiger partial charge on any atom is -0.357 e.